The summed E-state index contributed by atoms with van der Waals surface area (Å²) in [5, 5.41) is 3.48. The van der Waals surface area contributed by atoms with E-state index in [2.05, 4.69) is 19.2 Å². The summed E-state index contributed by atoms with van der Waals surface area (Å²) in [5.41, 5.74) is 0.291. The average Bonchev–Trinajstić information content (AvgIpc) is 2.23. The lowest BCUT2D eigenvalue weighted by atomic mass is 9.92. The monoisotopic (exact) mass is 213 g/mol. The highest BCUT2D eigenvalue weighted by Crippen LogP contribution is 2.24. The molecule has 15 heavy (non-hydrogen) atoms. The van der Waals surface area contributed by atoms with Crippen molar-refractivity contribution in [2.75, 3.05) is 26.4 Å². The number of hydrogen-bond acceptors (Lipinski definition) is 3. The van der Waals surface area contributed by atoms with Crippen LogP contribution < -0.4 is 5.32 Å². The fraction of sp³-hybridized carbons (Fsp3) is 1.00. The third-order valence-electron chi connectivity index (χ3n) is 3.29. The third kappa shape index (κ3) is 3.44. The van der Waals surface area contributed by atoms with Gasteiger partial charge in [-0.1, -0.05) is 13.8 Å². The van der Waals surface area contributed by atoms with Crippen LogP contribution >= 0.6 is 0 Å². The average molecular weight is 213 g/mol. The molecule has 3 heteroatoms. The summed E-state index contributed by atoms with van der Waals surface area (Å²) in [6.07, 6.45) is 3.87. The van der Waals surface area contributed by atoms with Gasteiger partial charge in [-0.2, -0.15) is 0 Å². The first-order chi connectivity index (χ1) is 7.16. The van der Waals surface area contributed by atoms with Crippen LogP contribution in [0.4, 0.5) is 0 Å². The van der Waals surface area contributed by atoms with Gasteiger partial charge >= 0.3 is 0 Å². The molecule has 0 aliphatic carbocycles. The van der Waals surface area contributed by atoms with Gasteiger partial charge in [0.2, 0.25) is 0 Å². The van der Waals surface area contributed by atoms with E-state index in [4.69, 9.17) is 9.47 Å². The van der Waals surface area contributed by atoms with Crippen molar-refractivity contribution in [3.63, 3.8) is 0 Å². The highest BCUT2D eigenvalue weighted by atomic mass is 16.5. The van der Waals surface area contributed by atoms with Gasteiger partial charge in [-0.3, -0.25) is 5.32 Å². The molecule has 0 bridgehead atoms. The molecule has 2 aliphatic heterocycles. The maximum absolute atomic E-state index is 5.83. The van der Waals surface area contributed by atoms with Gasteiger partial charge in [0.1, 0.15) is 6.23 Å². The number of hydrogen-bond donors (Lipinski definition) is 1. The topological polar surface area (TPSA) is 30.5 Å². The highest BCUT2D eigenvalue weighted by Gasteiger charge is 2.28. The lowest BCUT2D eigenvalue weighted by Crippen LogP contribution is -2.48. The molecule has 2 unspecified atom stereocenters. The zero-order valence-electron chi connectivity index (χ0n) is 9.92. The lowest BCUT2D eigenvalue weighted by Gasteiger charge is -2.37. The quantitative estimate of drug-likeness (QED) is 0.758. The van der Waals surface area contributed by atoms with E-state index in [1.165, 1.54) is 12.8 Å². The van der Waals surface area contributed by atoms with Gasteiger partial charge in [0.05, 0.1) is 6.61 Å². The first-order valence-corrected chi connectivity index (χ1v) is 6.08. The Labute approximate surface area is 92.5 Å². The van der Waals surface area contributed by atoms with Gasteiger partial charge in [0.25, 0.3) is 0 Å². The molecule has 0 radical (unpaired) electrons. The zero-order chi connectivity index (χ0) is 10.7. The largest absolute Gasteiger partial charge is 0.381 e. The Kier molecular flexibility index (Phi) is 3.65. The van der Waals surface area contributed by atoms with Crippen LogP contribution in [0.3, 0.4) is 0 Å². The van der Waals surface area contributed by atoms with Crippen LogP contribution in [0.1, 0.15) is 33.1 Å². The molecule has 2 atom stereocenters. The van der Waals surface area contributed by atoms with Crippen LogP contribution in [0.15, 0.2) is 0 Å². The first kappa shape index (κ1) is 11.4. The molecule has 2 heterocycles. The molecule has 0 aromatic rings. The molecule has 2 rings (SSSR count). The normalized spacial score (nSPS) is 36.4. The van der Waals surface area contributed by atoms with E-state index in [0.717, 1.165) is 32.8 Å². The predicted molar refractivity (Wildman–Crippen MR) is 59.7 cm³/mol. The Morgan fingerprint density at radius 1 is 1.40 bits per heavy atom. The summed E-state index contributed by atoms with van der Waals surface area (Å²) in [6.45, 7) is 8.27. The van der Waals surface area contributed by atoms with Gasteiger partial charge in [0, 0.05) is 25.2 Å². The van der Waals surface area contributed by atoms with Crippen molar-refractivity contribution in [1.29, 1.82) is 0 Å². The number of ether oxygens (including phenoxy) is 2. The lowest BCUT2D eigenvalue weighted by molar-refractivity contribution is -0.0768. The maximum Gasteiger partial charge on any atom is 0.108 e. The van der Waals surface area contributed by atoms with E-state index in [-0.39, 0.29) is 6.23 Å². The van der Waals surface area contributed by atoms with Crippen molar-refractivity contribution in [2.45, 2.75) is 39.3 Å². The Bertz CT molecular complexity index is 190. The molecule has 1 N–H and O–H groups in total. The van der Waals surface area contributed by atoms with Crippen LogP contribution in [-0.2, 0) is 9.47 Å². The van der Waals surface area contributed by atoms with Crippen LogP contribution in [0, 0.1) is 11.3 Å². The van der Waals surface area contributed by atoms with E-state index < -0.39 is 0 Å². The van der Waals surface area contributed by atoms with Gasteiger partial charge < -0.3 is 9.47 Å². The van der Waals surface area contributed by atoms with Crippen molar-refractivity contribution >= 4 is 0 Å². The third-order valence-corrected chi connectivity index (χ3v) is 3.29. The molecular formula is C12H23NO2. The van der Waals surface area contributed by atoms with Crippen LogP contribution in [0.5, 0.6) is 0 Å². The molecule has 0 spiro atoms. The Hall–Kier alpha value is -0.120. The van der Waals surface area contributed by atoms with Crippen molar-refractivity contribution in [1.82, 2.24) is 5.32 Å². The molecule has 2 aliphatic rings. The number of rotatable bonds is 2. The van der Waals surface area contributed by atoms with E-state index in [9.17, 15) is 0 Å². The molecular weight excluding hydrogens is 190 g/mol. The van der Waals surface area contributed by atoms with Gasteiger partial charge in [-0.15, -0.1) is 0 Å². The predicted octanol–water partition coefficient (Wildman–Crippen LogP) is 1.78. The minimum absolute atomic E-state index is 0.254. The minimum atomic E-state index is 0.254. The molecule has 0 saturated carbocycles. The van der Waals surface area contributed by atoms with E-state index in [1.54, 1.807) is 0 Å². The van der Waals surface area contributed by atoms with Crippen molar-refractivity contribution < 1.29 is 9.47 Å². The van der Waals surface area contributed by atoms with E-state index >= 15 is 0 Å². The summed E-state index contributed by atoms with van der Waals surface area (Å²) in [7, 11) is 0. The summed E-state index contributed by atoms with van der Waals surface area (Å²) in [4.78, 5) is 0. The Morgan fingerprint density at radius 2 is 2.27 bits per heavy atom. The first-order valence-electron chi connectivity index (χ1n) is 6.08. The summed E-state index contributed by atoms with van der Waals surface area (Å²) >= 11 is 0. The van der Waals surface area contributed by atoms with Crippen LogP contribution in [0.2, 0.25) is 0 Å². The molecule has 0 aromatic heterocycles. The van der Waals surface area contributed by atoms with Gasteiger partial charge in [0.15, 0.2) is 0 Å². The summed E-state index contributed by atoms with van der Waals surface area (Å²) in [5.74, 6) is 0.692. The second-order valence-electron chi connectivity index (χ2n) is 5.66. The zero-order valence-corrected chi connectivity index (χ0v) is 9.92. The minimum Gasteiger partial charge on any atom is -0.381 e. The van der Waals surface area contributed by atoms with Crippen LogP contribution in [0.25, 0.3) is 0 Å². The fourth-order valence-electron chi connectivity index (χ4n) is 2.27. The summed E-state index contributed by atoms with van der Waals surface area (Å²) < 4.78 is 11.3. The Morgan fingerprint density at radius 3 is 2.87 bits per heavy atom. The fourth-order valence-corrected chi connectivity index (χ4v) is 2.27. The summed E-state index contributed by atoms with van der Waals surface area (Å²) in [6, 6.07) is 0. The smallest absolute Gasteiger partial charge is 0.108 e. The standard InChI is InChI=1S/C12H23NO2/c1-12(2)8-13-11(15-9-12)6-10-4-3-5-14-7-10/h10-11,13H,3-9H2,1-2H3. The highest BCUT2D eigenvalue weighted by molar-refractivity contribution is 4.79. The molecule has 0 amide bonds. The number of nitrogens with one attached hydrogen (secondary N) is 1. The molecule has 2 fully saturated rings. The second-order valence-corrected chi connectivity index (χ2v) is 5.66. The van der Waals surface area contributed by atoms with Crippen molar-refractivity contribution in [3.05, 3.63) is 0 Å². The van der Waals surface area contributed by atoms with E-state index in [1.807, 2.05) is 0 Å². The van der Waals surface area contributed by atoms with Crippen molar-refractivity contribution in [3.8, 4) is 0 Å². The molecule has 88 valence electrons. The molecule has 2 saturated heterocycles. The SMILES string of the molecule is CC1(C)CNC(CC2CCCOC2)OC1. The second kappa shape index (κ2) is 4.81. The molecule has 0 aromatic carbocycles. The molecule has 3 nitrogen and oxygen atoms in total. The maximum atomic E-state index is 5.83. The van der Waals surface area contributed by atoms with Crippen LogP contribution in [-0.4, -0.2) is 32.6 Å². The van der Waals surface area contributed by atoms with E-state index in [0.29, 0.717) is 11.3 Å². The van der Waals surface area contributed by atoms with Gasteiger partial charge in [-0.25, -0.2) is 0 Å². The van der Waals surface area contributed by atoms with Gasteiger partial charge in [-0.05, 0) is 25.2 Å². The van der Waals surface area contributed by atoms with Crippen molar-refractivity contribution in [2.24, 2.45) is 11.3 Å². The Balaban J connectivity index is 1.71.